The van der Waals surface area contributed by atoms with E-state index < -0.39 is 0 Å². The summed E-state index contributed by atoms with van der Waals surface area (Å²) in [6.45, 7) is 7.13. The van der Waals surface area contributed by atoms with Crippen LogP contribution in [0.15, 0.2) is 18.2 Å². The smallest absolute Gasteiger partial charge is 0.125 e. The van der Waals surface area contributed by atoms with Gasteiger partial charge in [0.15, 0.2) is 0 Å². The Morgan fingerprint density at radius 2 is 2.05 bits per heavy atom. The molecule has 0 radical (unpaired) electrons. The van der Waals surface area contributed by atoms with Gasteiger partial charge in [-0.25, -0.2) is 9.37 Å². The summed E-state index contributed by atoms with van der Waals surface area (Å²) in [6, 6.07) is 4.69. The third kappa shape index (κ3) is 2.95. The molecule has 0 aliphatic rings. The van der Waals surface area contributed by atoms with Crippen molar-refractivity contribution in [2.75, 3.05) is 6.54 Å². The van der Waals surface area contributed by atoms with Gasteiger partial charge in [-0.2, -0.15) is 0 Å². The van der Waals surface area contributed by atoms with E-state index in [0.29, 0.717) is 6.54 Å². The molecule has 2 N–H and O–H groups in total. The van der Waals surface area contributed by atoms with Crippen LogP contribution in [0.4, 0.5) is 4.39 Å². The molecule has 0 spiro atoms. The lowest BCUT2D eigenvalue weighted by molar-refractivity contribution is 0.333. The lowest BCUT2D eigenvalue weighted by atomic mass is 9.84. The van der Waals surface area contributed by atoms with Gasteiger partial charge in [0.05, 0.1) is 11.0 Å². The fraction of sp³-hybridized carbons (Fsp3) is 0.533. The van der Waals surface area contributed by atoms with Crippen LogP contribution in [0.5, 0.6) is 0 Å². The second-order valence-corrected chi connectivity index (χ2v) is 6.36. The second-order valence-electron chi connectivity index (χ2n) is 6.36. The fourth-order valence-corrected chi connectivity index (χ4v) is 2.57. The summed E-state index contributed by atoms with van der Waals surface area (Å²) in [5.41, 5.74) is 7.74. The number of fused-ring (bicyclic) bond motifs is 1. The molecule has 1 unspecified atom stereocenters. The molecule has 0 saturated carbocycles. The number of imidazole rings is 1. The summed E-state index contributed by atoms with van der Waals surface area (Å²) >= 11 is 0. The standard InChI is InChI=1S/C15H22FN3/c1-15(2,3)8-10(9-17)14-18-12-6-5-11(16)7-13(12)19(14)4/h5-7,10H,8-9,17H2,1-4H3. The van der Waals surface area contributed by atoms with Gasteiger partial charge in [0.25, 0.3) is 0 Å². The van der Waals surface area contributed by atoms with Gasteiger partial charge in [-0.1, -0.05) is 20.8 Å². The Bertz CT molecular complexity index is 581. The molecule has 104 valence electrons. The summed E-state index contributed by atoms with van der Waals surface area (Å²) in [6.07, 6.45) is 0.961. The molecule has 1 aromatic heterocycles. The van der Waals surface area contributed by atoms with Crippen LogP contribution in [-0.2, 0) is 7.05 Å². The molecule has 4 heteroatoms. The van der Waals surface area contributed by atoms with Crippen molar-refractivity contribution in [2.24, 2.45) is 18.2 Å². The van der Waals surface area contributed by atoms with Crippen molar-refractivity contribution < 1.29 is 4.39 Å². The fourth-order valence-electron chi connectivity index (χ4n) is 2.57. The van der Waals surface area contributed by atoms with E-state index in [1.807, 2.05) is 11.6 Å². The average Bonchev–Trinajstić information content (AvgIpc) is 2.63. The molecule has 1 aromatic carbocycles. The van der Waals surface area contributed by atoms with Gasteiger partial charge in [0.1, 0.15) is 11.6 Å². The number of aryl methyl sites for hydroxylation is 1. The van der Waals surface area contributed by atoms with Crippen LogP contribution in [0.3, 0.4) is 0 Å². The number of halogens is 1. The number of hydrogen-bond acceptors (Lipinski definition) is 2. The summed E-state index contributed by atoms with van der Waals surface area (Å²) in [4.78, 5) is 4.62. The third-order valence-electron chi connectivity index (χ3n) is 3.39. The Hall–Kier alpha value is -1.42. The summed E-state index contributed by atoms with van der Waals surface area (Å²) in [7, 11) is 1.93. The number of nitrogens with zero attached hydrogens (tertiary/aromatic N) is 2. The number of nitrogens with two attached hydrogens (primary N) is 1. The SMILES string of the molecule is Cn1c(C(CN)CC(C)(C)C)nc2ccc(F)cc21. The van der Waals surface area contributed by atoms with Gasteiger partial charge in [-0.05, 0) is 30.0 Å². The first-order chi connectivity index (χ1) is 8.81. The molecule has 1 heterocycles. The molecule has 3 nitrogen and oxygen atoms in total. The monoisotopic (exact) mass is 263 g/mol. The van der Waals surface area contributed by atoms with Gasteiger partial charge in [-0.3, -0.25) is 0 Å². The number of rotatable bonds is 3. The highest BCUT2D eigenvalue weighted by Crippen LogP contribution is 2.31. The zero-order valence-electron chi connectivity index (χ0n) is 12.1. The van der Waals surface area contributed by atoms with Crippen LogP contribution in [0.1, 0.15) is 38.9 Å². The van der Waals surface area contributed by atoms with Crippen molar-refractivity contribution in [3.8, 4) is 0 Å². The lowest BCUT2D eigenvalue weighted by Crippen LogP contribution is -2.22. The molecule has 2 rings (SSSR count). The summed E-state index contributed by atoms with van der Waals surface area (Å²) in [5, 5.41) is 0. The van der Waals surface area contributed by atoms with Crippen molar-refractivity contribution >= 4 is 11.0 Å². The third-order valence-corrected chi connectivity index (χ3v) is 3.39. The quantitative estimate of drug-likeness (QED) is 0.924. The number of benzene rings is 1. The van der Waals surface area contributed by atoms with Crippen LogP contribution in [0, 0.1) is 11.2 Å². The number of hydrogen-bond donors (Lipinski definition) is 1. The number of aromatic nitrogens is 2. The Morgan fingerprint density at radius 1 is 1.37 bits per heavy atom. The van der Waals surface area contributed by atoms with E-state index in [2.05, 4.69) is 25.8 Å². The minimum atomic E-state index is -0.234. The molecular weight excluding hydrogens is 241 g/mol. The maximum absolute atomic E-state index is 13.3. The van der Waals surface area contributed by atoms with Crippen molar-refractivity contribution in [2.45, 2.75) is 33.1 Å². The zero-order valence-corrected chi connectivity index (χ0v) is 12.1. The molecule has 0 bridgehead atoms. The van der Waals surface area contributed by atoms with E-state index in [9.17, 15) is 4.39 Å². The molecule has 0 saturated heterocycles. The normalized spacial score (nSPS) is 14.0. The predicted octanol–water partition coefficient (Wildman–Crippen LogP) is 3.19. The van der Waals surface area contributed by atoms with Crippen LogP contribution in [-0.4, -0.2) is 16.1 Å². The topological polar surface area (TPSA) is 43.8 Å². The van der Waals surface area contributed by atoms with Crippen LogP contribution >= 0.6 is 0 Å². The highest BCUT2D eigenvalue weighted by molar-refractivity contribution is 5.76. The van der Waals surface area contributed by atoms with E-state index in [4.69, 9.17) is 5.73 Å². The molecule has 0 aliphatic heterocycles. The largest absolute Gasteiger partial charge is 0.331 e. The van der Waals surface area contributed by atoms with Crippen LogP contribution < -0.4 is 5.73 Å². The van der Waals surface area contributed by atoms with Crippen LogP contribution in [0.2, 0.25) is 0 Å². The Balaban J connectivity index is 2.46. The van der Waals surface area contributed by atoms with Crippen molar-refractivity contribution in [1.29, 1.82) is 0 Å². The van der Waals surface area contributed by atoms with Gasteiger partial charge < -0.3 is 10.3 Å². The molecule has 2 aromatic rings. The van der Waals surface area contributed by atoms with E-state index in [1.54, 1.807) is 6.07 Å². The predicted molar refractivity (Wildman–Crippen MR) is 76.5 cm³/mol. The first kappa shape index (κ1) is 14.0. The molecule has 19 heavy (non-hydrogen) atoms. The van der Waals surface area contributed by atoms with E-state index in [1.165, 1.54) is 12.1 Å². The summed E-state index contributed by atoms with van der Waals surface area (Å²) < 4.78 is 15.3. The van der Waals surface area contributed by atoms with Crippen molar-refractivity contribution in [3.63, 3.8) is 0 Å². The Morgan fingerprint density at radius 3 is 2.63 bits per heavy atom. The minimum Gasteiger partial charge on any atom is -0.331 e. The zero-order chi connectivity index (χ0) is 14.2. The lowest BCUT2D eigenvalue weighted by Gasteiger charge is -2.24. The maximum atomic E-state index is 13.3. The minimum absolute atomic E-state index is 0.188. The maximum Gasteiger partial charge on any atom is 0.125 e. The molecule has 0 fully saturated rings. The molecule has 1 atom stereocenters. The molecular formula is C15H22FN3. The van der Waals surface area contributed by atoms with Gasteiger partial charge >= 0.3 is 0 Å². The first-order valence-electron chi connectivity index (χ1n) is 6.64. The molecule has 0 aliphatic carbocycles. The van der Waals surface area contributed by atoms with Crippen molar-refractivity contribution in [1.82, 2.24) is 9.55 Å². The van der Waals surface area contributed by atoms with E-state index >= 15 is 0 Å². The van der Waals surface area contributed by atoms with Crippen LogP contribution in [0.25, 0.3) is 11.0 Å². The molecule has 0 amide bonds. The Kier molecular flexibility index (Phi) is 3.63. The summed E-state index contributed by atoms with van der Waals surface area (Å²) in [5.74, 6) is 0.903. The highest BCUT2D eigenvalue weighted by Gasteiger charge is 2.23. The highest BCUT2D eigenvalue weighted by atomic mass is 19.1. The van der Waals surface area contributed by atoms with Gasteiger partial charge in [0, 0.05) is 19.5 Å². The van der Waals surface area contributed by atoms with E-state index in [-0.39, 0.29) is 17.2 Å². The average molecular weight is 263 g/mol. The van der Waals surface area contributed by atoms with Crippen molar-refractivity contribution in [3.05, 3.63) is 29.8 Å². The second kappa shape index (κ2) is 4.93. The van der Waals surface area contributed by atoms with Gasteiger partial charge in [0.2, 0.25) is 0 Å². The first-order valence-corrected chi connectivity index (χ1v) is 6.64. The Labute approximate surface area is 113 Å². The van der Waals surface area contributed by atoms with Gasteiger partial charge in [-0.15, -0.1) is 0 Å². The van der Waals surface area contributed by atoms with E-state index in [0.717, 1.165) is 23.3 Å².